The van der Waals surface area contributed by atoms with E-state index in [1.807, 2.05) is 6.92 Å². The molecule has 1 atom stereocenters. The minimum atomic E-state index is -3.52. The summed E-state index contributed by atoms with van der Waals surface area (Å²) in [7, 11) is -3.52. The first-order valence-corrected chi connectivity index (χ1v) is 8.68. The number of sulfonamides is 1. The Morgan fingerprint density at radius 2 is 2.00 bits per heavy atom. The summed E-state index contributed by atoms with van der Waals surface area (Å²) in [5, 5.41) is 0. The van der Waals surface area contributed by atoms with Gasteiger partial charge in [0, 0.05) is 24.7 Å². The third kappa shape index (κ3) is 2.52. The van der Waals surface area contributed by atoms with Crippen molar-refractivity contribution in [3.8, 4) is 0 Å². The van der Waals surface area contributed by atoms with Crippen molar-refractivity contribution in [2.24, 2.45) is 5.73 Å². The summed E-state index contributed by atoms with van der Waals surface area (Å²) < 4.78 is 33.1. The van der Waals surface area contributed by atoms with Gasteiger partial charge in [0.2, 0.25) is 10.0 Å². The predicted molar refractivity (Wildman–Crippen MR) is 77.9 cm³/mol. The van der Waals surface area contributed by atoms with E-state index in [9.17, 15) is 8.42 Å². The van der Waals surface area contributed by atoms with Crippen molar-refractivity contribution in [3.63, 3.8) is 0 Å². The number of nitrogens with zero attached hydrogens (tertiary/aromatic N) is 1. The fourth-order valence-corrected chi connectivity index (χ4v) is 5.29. The van der Waals surface area contributed by atoms with Crippen LogP contribution in [0.5, 0.6) is 0 Å². The molecular formula is C14H24N2O3S. The molecule has 2 N–H and O–H groups in total. The Morgan fingerprint density at radius 3 is 2.60 bits per heavy atom. The van der Waals surface area contributed by atoms with Crippen LogP contribution in [-0.2, 0) is 16.6 Å². The van der Waals surface area contributed by atoms with Crippen LogP contribution in [0.4, 0.5) is 0 Å². The van der Waals surface area contributed by atoms with E-state index in [1.54, 1.807) is 18.2 Å². The Bertz CT molecular complexity index is 577. The molecule has 114 valence electrons. The molecule has 2 rings (SSSR count). The molecule has 0 saturated carbocycles. The fourth-order valence-electron chi connectivity index (χ4n) is 3.10. The van der Waals surface area contributed by atoms with Crippen molar-refractivity contribution in [3.05, 3.63) is 17.1 Å². The number of hydrogen-bond acceptors (Lipinski definition) is 4. The number of nitrogens with two attached hydrogens (primary N) is 1. The highest BCUT2D eigenvalue weighted by atomic mass is 32.2. The maximum atomic E-state index is 13.0. The van der Waals surface area contributed by atoms with Crippen molar-refractivity contribution < 1.29 is 12.8 Å². The first-order valence-electron chi connectivity index (χ1n) is 7.24. The Balaban J connectivity index is 2.49. The van der Waals surface area contributed by atoms with Gasteiger partial charge < -0.3 is 10.2 Å². The van der Waals surface area contributed by atoms with Gasteiger partial charge in [-0.2, -0.15) is 4.31 Å². The summed E-state index contributed by atoms with van der Waals surface area (Å²) in [5.74, 6) is 1.05. The molecule has 0 bridgehead atoms. The Hall–Kier alpha value is -0.850. The van der Waals surface area contributed by atoms with Crippen LogP contribution >= 0.6 is 0 Å². The van der Waals surface area contributed by atoms with Gasteiger partial charge >= 0.3 is 0 Å². The molecule has 1 aromatic rings. The van der Waals surface area contributed by atoms with Gasteiger partial charge in [0.15, 0.2) is 0 Å². The molecule has 20 heavy (non-hydrogen) atoms. The average molecular weight is 300 g/mol. The highest BCUT2D eigenvalue weighted by Crippen LogP contribution is 2.33. The largest absolute Gasteiger partial charge is 0.465 e. The molecule has 0 aromatic carbocycles. The maximum Gasteiger partial charge on any atom is 0.247 e. The molecule has 2 heterocycles. The van der Waals surface area contributed by atoms with E-state index in [2.05, 4.69) is 0 Å². The van der Waals surface area contributed by atoms with Crippen LogP contribution in [-0.4, -0.2) is 25.3 Å². The van der Waals surface area contributed by atoms with Crippen LogP contribution in [0.2, 0.25) is 0 Å². The third-order valence-electron chi connectivity index (χ3n) is 4.14. The topological polar surface area (TPSA) is 76.5 Å². The molecule has 6 heteroatoms. The molecule has 1 saturated heterocycles. The van der Waals surface area contributed by atoms with Gasteiger partial charge in [-0.25, -0.2) is 8.42 Å². The second-order valence-corrected chi connectivity index (χ2v) is 7.23. The highest BCUT2D eigenvalue weighted by Gasteiger charge is 2.36. The predicted octanol–water partition coefficient (Wildman–Crippen LogP) is 2.31. The van der Waals surface area contributed by atoms with Crippen LogP contribution < -0.4 is 5.73 Å². The molecule has 1 fully saturated rings. The molecule has 1 unspecified atom stereocenters. The standard InChI is InChI=1S/C14H24N2O3S/c1-4-12-7-5-6-8-16(12)20(17,18)14-11(3)19-10(2)13(14)9-15/h12H,4-9,15H2,1-3H3. The molecular weight excluding hydrogens is 276 g/mol. The molecule has 1 aliphatic heterocycles. The van der Waals surface area contributed by atoms with Crippen molar-refractivity contribution in [2.45, 2.75) is 63.9 Å². The number of piperidine rings is 1. The normalized spacial score (nSPS) is 21.3. The van der Waals surface area contributed by atoms with Gasteiger partial charge in [0.25, 0.3) is 0 Å². The molecule has 0 amide bonds. The summed E-state index contributed by atoms with van der Waals surface area (Å²) in [6, 6.07) is 0.0916. The van der Waals surface area contributed by atoms with E-state index in [1.165, 1.54) is 0 Å². The summed E-state index contributed by atoms with van der Waals surface area (Å²) in [5.41, 5.74) is 6.33. The van der Waals surface area contributed by atoms with E-state index in [0.29, 0.717) is 23.6 Å². The SMILES string of the molecule is CCC1CCCCN1S(=O)(=O)c1c(C)oc(C)c1CN. The minimum absolute atomic E-state index is 0.0916. The fraction of sp³-hybridized carbons (Fsp3) is 0.714. The van der Waals surface area contributed by atoms with Crippen molar-refractivity contribution in [1.82, 2.24) is 4.31 Å². The number of furan rings is 1. The van der Waals surface area contributed by atoms with Gasteiger partial charge in [0.05, 0.1) is 0 Å². The summed E-state index contributed by atoms with van der Waals surface area (Å²) in [4.78, 5) is 0.290. The lowest BCUT2D eigenvalue weighted by Gasteiger charge is -2.34. The second-order valence-electron chi connectivity index (χ2n) is 5.40. The van der Waals surface area contributed by atoms with Gasteiger partial charge in [-0.3, -0.25) is 0 Å². The molecule has 5 nitrogen and oxygen atoms in total. The minimum Gasteiger partial charge on any atom is -0.465 e. The number of rotatable bonds is 4. The lowest BCUT2D eigenvalue weighted by Crippen LogP contribution is -2.43. The van der Waals surface area contributed by atoms with Crippen molar-refractivity contribution in [1.29, 1.82) is 0 Å². The highest BCUT2D eigenvalue weighted by molar-refractivity contribution is 7.89. The first kappa shape index (κ1) is 15.5. The summed E-state index contributed by atoms with van der Waals surface area (Å²) in [6.45, 7) is 6.28. The van der Waals surface area contributed by atoms with Gasteiger partial charge in [-0.05, 0) is 33.1 Å². The molecule has 0 radical (unpaired) electrons. The molecule has 0 aliphatic carbocycles. The van der Waals surface area contributed by atoms with Crippen LogP contribution in [0.15, 0.2) is 9.31 Å². The van der Waals surface area contributed by atoms with Crippen molar-refractivity contribution in [2.75, 3.05) is 6.54 Å². The van der Waals surface area contributed by atoms with E-state index < -0.39 is 10.0 Å². The monoisotopic (exact) mass is 300 g/mol. The quantitative estimate of drug-likeness (QED) is 0.925. The van der Waals surface area contributed by atoms with E-state index >= 15 is 0 Å². The Kier molecular flexibility index (Phi) is 4.56. The number of aryl methyl sites for hydroxylation is 2. The third-order valence-corrected chi connectivity index (χ3v) is 6.29. The van der Waals surface area contributed by atoms with Crippen LogP contribution in [0.1, 0.15) is 49.7 Å². The maximum absolute atomic E-state index is 13.0. The van der Waals surface area contributed by atoms with Crippen LogP contribution in [0.3, 0.4) is 0 Å². The van der Waals surface area contributed by atoms with Gasteiger partial charge in [-0.1, -0.05) is 13.3 Å². The summed E-state index contributed by atoms with van der Waals surface area (Å²) >= 11 is 0. The molecule has 1 aromatic heterocycles. The lowest BCUT2D eigenvalue weighted by atomic mass is 10.0. The zero-order valence-corrected chi connectivity index (χ0v) is 13.3. The van der Waals surface area contributed by atoms with Gasteiger partial charge in [0.1, 0.15) is 16.4 Å². The Morgan fingerprint density at radius 1 is 1.30 bits per heavy atom. The zero-order chi connectivity index (χ0) is 14.9. The molecule has 0 spiro atoms. The second kappa shape index (κ2) is 5.87. The van der Waals surface area contributed by atoms with E-state index in [0.717, 1.165) is 25.7 Å². The van der Waals surface area contributed by atoms with E-state index in [-0.39, 0.29) is 17.5 Å². The van der Waals surface area contributed by atoms with Gasteiger partial charge in [-0.15, -0.1) is 0 Å². The lowest BCUT2D eigenvalue weighted by molar-refractivity contribution is 0.246. The van der Waals surface area contributed by atoms with Crippen LogP contribution in [0, 0.1) is 13.8 Å². The first-order chi connectivity index (χ1) is 9.43. The Labute approximate surface area is 121 Å². The number of hydrogen-bond donors (Lipinski definition) is 1. The zero-order valence-electron chi connectivity index (χ0n) is 12.5. The van der Waals surface area contributed by atoms with Crippen molar-refractivity contribution >= 4 is 10.0 Å². The van der Waals surface area contributed by atoms with E-state index in [4.69, 9.17) is 10.2 Å². The smallest absolute Gasteiger partial charge is 0.247 e. The van der Waals surface area contributed by atoms with Crippen LogP contribution in [0.25, 0.3) is 0 Å². The molecule has 1 aliphatic rings. The summed E-state index contributed by atoms with van der Waals surface area (Å²) in [6.07, 6.45) is 3.79. The average Bonchev–Trinajstić information content (AvgIpc) is 2.73.